The highest BCUT2D eigenvalue weighted by Crippen LogP contribution is 2.26. The van der Waals surface area contributed by atoms with Crippen molar-refractivity contribution in [2.24, 2.45) is 0 Å². The second-order valence-corrected chi connectivity index (χ2v) is 9.33. The molecule has 3 aromatic rings. The Balaban J connectivity index is 1.80. The smallest absolute Gasteiger partial charge is 0.315 e. The van der Waals surface area contributed by atoms with Crippen LogP contribution in [0.15, 0.2) is 54.6 Å². The lowest BCUT2D eigenvalue weighted by molar-refractivity contribution is -0.116. The average Bonchev–Trinajstić information content (AvgIpc) is 3.17. The predicted octanol–water partition coefficient (Wildman–Crippen LogP) is 5.50. The van der Waals surface area contributed by atoms with Crippen LogP contribution < -0.4 is 10.6 Å². The number of halogens is 1. The Labute approximate surface area is 200 Å². The van der Waals surface area contributed by atoms with Gasteiger partial charge in [-0.15, -0.1) is 0 Å². The minimum absolute atomic E-state index is 0.154. The van der Waals surface area contributed by atoms with E-state index < -0.39 is 11.8 Å². The molecule has 1 aromatic heterocycles. The van der Waals surface area contributed by atoms with Crippen molar-refractivity contribution < 1.29 is 14.0 Å². The van der Waals surface area contributed by atoms with Crippen molar-refractivity contribution in [2.45, 2.75) is 46.5 Å². The topological polar surface area (TPSA) is 79.3 Å². The number of urea groups is 1. The van der Waals surface area contributed by atoms with Crippen molar-refractivity contribution in [1.29, 1.82) is 0 Å². The van der Waals surface area contributed by atoms with E-state index in [-0.39, 0.29) is 17.9 Å². The third kappa shape index (κ3) is 6.43. The molecule has 0 aliphatic rings. The Morgan fingerprint density at radius 3 is 2.44 bits per heavy atom. The molecule has 0 saturated heterocycles. The first-order valence-corrected chi connectivity index (χ1v) is 11.4. The van der Waals surface area contributed by atoms with E-state index in [0.717, 1.165) is 16.9 Å². The van der Waals surface area contributed by atoms with Gasteiger partial charge in [-0.25, -0.2) is 13.9 Å². The maximum atomic E-state index is 13.5. The SMILES string of the molecule is CCCN(CC(=O)Nc1cc(C(C)(C)C)nn1-c1cccc(C)c1)C(=O)Nc1cccc(F)c1. The number of amides is 3. The van der Waals surface area contributed by atoms with Crippen molar-refractivity contribution in [2.75, 3.05) is 23.7 Å². The molecular weight excluding hydrogens is 433 g/mol. The van der Waals surface area contributed by atoms with E-state index in [1.165, 1.54) is 23.1 Å². The summed E-state index contributed by atoms with van der Waals surface area (Å²) in [6.45, 7) is 10.3. The summed E-state index contributed by atoms with van der Waals surface area (Å²) >= 11 is 0. The zero-order chi connectivity index (χ0) is 24.9. The van der Waals surface area contributed by atoms with E-state index >= 15 is 0 Å². The van der Waals surface area contributed by atoms with Crippen molar-refractivity contribution in [1.82, 2.24) is 14.7 Å². The van der Waals surface area contributed by atoms with Gasteiger partial charge in [-0.3, -0.25) is 4.79 Å². The Morgan fingerprint density at radius 2 is 1.79 bits per heavy atom. The number of nitrogens with zero attached hydrogens (tertiary/aromatic N) is 3. The number of aromatic nitrogens is 2. The Kier molecular flexibility index (Phi) is 7.71. The maximum absolute atomic E-state index is 13.5. The van der Waals surface area contributed by atoms with Gasteiger partial charge in [-0.1, -0.05) is 45.9 Å². The molecule has 34 heavy (non-hydrogen) atoms. The molecule has 0 radical (unpaired) electrons. The largest absolute Gasteiger partial charge is 0.322 e. The van der Waals surface area contributed by atoms with Gasteiger partial charge < -0.3 is 15.5 Å². The van der Waals surface area contributed by atoms with Crippen molar-refractivity contribution in [3.05, 3.63) is 71.7 Å². The van der Waals surface area contributed by atoms with E-state index in [4.69, 9.17) is 5.10 Å². The van der Waals surface area contributed by atoms with Gasteiger partial charge >= 0.3 is 6.03 Å². The number of rotatable bonds is 7. The summed E-state index contributed by atoms with van der Waals surface area (Å²) in [5.41, 5.74) is 2.86. The van der Waals surface area contributed by atoms with Crippen LogP contribution in [0.2, 0.25) is 0 Å². The molecule has 0 unspecified atom stereocenters. The van der Waals surface area contributed by atoms with Crippen LogP contribution in [0.4, 0.5) is 20.7 Å². The lowest BCUT2D eigenvalue weighted by atomic mass is 9.92. The van der Waals surface area contributed by atoms with Crippen LogP contribution in [0.3, 0.4) is 0 Å². The molecule has 3 rings (SSSR count). The Bertz CT molecular complexity index is 1170. The highest BCUT2D eigenvalue weighted by molar-refractivity contribution is 5.96. The molecule has 180 valence electrons. The summed E-state index contributed by atoms with van der Waals surface area (Å²) < 4.78 is 15.2. The molecular formula is C26H32FN5O2. The summed E-state index contributed by atoms with van der Waals surface area (Å²) in [4.78, 5) is 27.1. The Hall–Kier alpha value is -3.68. The normalized spacial score (nSPS) is 11.2. The fourth-order valence-corrected chi connectivity index (χ4v) is 3.44. The van der Waals surface area contributed by atoms with Gasteiger partial charge in [0.1, 0.15) is 18.2 Å². The molecule has 0 spiro atoms. The van der Waals surface area contributed by atoms with Crippen molar-refractivity contribution >= 4 is 23.4 Å². The average molecular weight is 466 g/mol. The number of hydrogen-bond acceptors (Lipinski definition) is 3. The molecule has 7 nitrogen and oxygen atoms in total. The number of carbonyl (C=O) groups excluding carboxylic acids is 2. The molecule has 0 aliphatic heterocycles. The molecule has 0 bridgehead atoms. The fraction of sp³-hybridized carbons (Fsp3) is 0.346. The molecule has 0 saturated carbocycles. The summed E-state index contributed by atoms with van der Waals surface area (Å²) in [6.07, 6.45) is 0.666. The first kappa shape index (κ1) is 25.0. The van der Waals surface area contributed by atoms with Gasteiger partial charge in [-0.05, 0) is 49.2 Å². The van der Waals surface area contributed by atoms with Gasteiger partial charge in [0, 0.05) is 23.7 Å². The van der Waals surface area contributed by atoms with Crippen LogP contribution in [-0.4, -0.2) is 39.7 Å². The van der Waals surface area contributed by atoms with Crippen LogP contribution in [0.5, 0.6) is 0 Å². The van der Waals surface area contributed by atoms with Gasteiger partial charge in [0.15, 0.2) is 0 Å². The van der Waals surface area contributed by atoms with Gasteiger partial charge in [-0.2, -0.15) is 5.10 Å². The first-order chi connectivity index (χ1) is 16.1. The zero-order valence-electron chi connectivity index (χ0n) is 20.4. The zero-order valence-corrected chi connectivity index (χ0v) is 20.4. The minimum Gasteiger partial charge on any atom is -0.315 e. The minimum atomic E-state index is -0.467. The highest BCUT2D eigenvalue weighted by atomic mass is 19.1. The number of aryl methyl sites for hydroxylation is 1. The first-order valence-electron chi connectivity index (χ1n) is 11.4. The predicted molar refractivity (Wildman–Crippen MR) is 133 cm³/mol. The fourth-order valence-electron chi connectivity index (χ4n) is 3.44. The maximum Gasteiger partial charge on any atom is 0.322 e. The van der Waals surface area contributed by atoms with Crippen LogP contribution in [-0.2, 0) is 10.2 Å². The monoisotopic (exact) mass is 465 g/mol. The standard InChI is InChI=1S/C26H32FN5O2/c1-6-13-31(25(34)28-20-11-8-10-19(27)15-20)17-24(33)29-23-16-22(26(3,4)5)30-32(23)21-12-7-9-18(2)14-21/h7-12,14-16H,6,13,17H2,1-5H3,(H,28,34)(H,29,33). The molecule has 1 heterocycles. The molecule has 0 fully saturated rings. The number of nitrogens with one attached hydrogen (secondary N) is 2. The van der Waals surface area contributed by atoms with Crippen LogP contribution in [0.1, 0.15) is 45.4 Å². The molecule has 2 N–H and O–H groups in total. The number of hydrogen-bond donors (Lipinski definition) is 2. The van der Waals surface area contributed by atoms with Crippen LogP contribution in [0.25, 0.3) is 5.69 Å². The second kappa shape index (κ2) is 10.5. The third-order valence-corrected chi connectivity index (χ3v) is 5.18. The van der Waals surface area contributed by atoms with E-state index in [1.807, 2.05) is 44.2 Å². The number of carbonyl (C=O) groups is 2. The summed E-state index contributed by atoms with van der Waals surface area (Å²) in [6, 6.07) is 14.9. The molecule has 2 aromatic carbocycles. The van der Waals surface area contributed by atoms with Gasteiger partial charge in [0.2, 0.25) is 5.91 Å². The van der Waals surface area contributed by atoms with Gasteiger partial charge in [0.05, 0.1) is 11.4 Å². The van der Waals surface area contributed by atoms with Crippen LogP contribution in [0, 0.1) is 12.7 Å². The molecule has 0 aliphatic carbocycles. The number of benzene rings is 2. The summed E-state index contributed by atoms with van der Waals surface area (Å²) in [5, 5.41) is 10.3. The van der Waals surface area contributed by atoms with E-state index in [2.05, 4.69) is 31.4 Å². The quantitative estimate of drug-likeness (QED) is 0.484. The summed E-state index contributed by atoms with van der Waals surface area (Å²) in [5.74, 6) is -0.267. The van der Waals surface area contributed by atoms with Crippen molar-refractivity contribution in [3.63, 3.8) is 0 Å². The van der Waals surface area contributed by atoms with E-state index in [0.29, 0.717) is 24.5 Å². The Morgan fingerprint density at radius 1 is 1.06 bits per heavy atom. The lowest BCUT2D eigenvalue weighted by Crippen LogP contribution is -2.41. The highest BCUT2D eigenvalue weighted by Gasteiger charge is 2.23. The number of anilines is 2. The molecule has 0 atom stereocenters. The van der Waals surface area contributed by atoms with E-state index in [9.17, 15) is 14.0 Å². The summed E-state index contributed by atoms with van der Waals surface area (Å²) in [7, 11) is 0. The molecule has 8 heteroatoms. The van der Waals surface area contributed by atoms with E-state index in [1.54, 1.807) is 10.7 Å². The molecule has 3 amide bonds. The van der Waals surface area contributed by atoms with Crippen LogP contribution >= 0.6 is 0 Å². The van der Waals surface area contributed by atoms with Crippen molar-refractivity contribution in [3.8, 4) is 5.69 Å². The van der Waals surface area contributed by atoms with Gasteiger partial charge in [0.25, 0.3) is 0 Å². The lowest BCUT2D eigenvalue weighted by Gasteiger charge is -2.22. The second-order valence-electron chi connectivity index (χ2n) is 9.33. The third-order valence-electron chi connectivity index (χ3n) is 5.18.